The van der Waals surface area contributed by atoms with Gasteiger partial charge in [-0.2, -0.15) is 0 Å². The van der Waals surface area contributed by atoms with Crippen molar-refractivity contribution in [1.82, 2.24) is 0 Å². The molecule has 0 bridgehead atoms. The van der Waals surface area contributed by atoms with Crippen LogP contribution in [-0.4, -0.2) is 19.2 Å². The third-order valence-corrected chi connectivity index (χ3v) is 5.21. The summed E-state index contributed by atoms with van der Waals surface area (Å²) in [5.41, 5.74) is 2.58. The zero-order chi connectivity index (χ0) is 23.4. The minimum atomic E-state index is -0.728. The Morgan fingerprint density at radius 2 is 1.52 bits per heavy atom. The Hall–Kier alpha value is -4.06. The zero-order valence-electron chi connectivity index (χ0n) is 18.7. The van der Waals surface area contributed by atoms with Crippen molar-refractivity contribution >= 4 is 16.9 Å². The van der Waals surface area contributed by atoms with Gasteiger partial charge < -0.3 is 18.6 Å². The number of esters is 1. The van der Waals surface area contributed by atoms with Crippen LogP contribution in [0.1, 0.15) is 18.1 Å². The van der Waals surface area contributed by atoms with Crippen LogP contribution in [0.2, 0.25) is 0 Å². The van der Waals surface area contributed by atoms with E-state index >= 15 is 0 Å². The molecule has 4 aromatic rings. The second-order valence-corrected chi connectivity index (χ2v) is 7.53. The van der Waals surface area contributed by atoms with E-state index in [4.69, 9.17) is 18.6 Å². The molecule has 0 aliphatic heterocycles. The standard InChI is InChI=1S/C27H24O6/c1-4-30-21-12-8-9-13-22(21)31-16-24(28)33-27-25(29)20-14-17(2)18(3)15-23(20)32-26(27)19-10-6-5-7-11-19/h5-15H,4,16H2,1-3H3. The van der Waals surface area contributed by atoms with Gasteiger partial charge in [-0.05, 0) is 56.2 Å². The maximum atomic E-state index is 13.3. The highest BCUT2D eigenvalue weighted by Crippen LogP contribution is 2.32. The summed E-state index contributed by atoms with van der Waals surface area (Å²) in [6.07, 6.45) is 0. The smallest absolute Gasteiger partial charge is 0.349 e. The van der Waals surface area contributed by atoms with Gasteiger partial charge in [-0.25, -0.2) is 4.79 Å². The summed E-state index contributed by atoms with van der Waals surface area (Å²) in [7, 11) is 0. The third kappa shape index (κ3) is 4.75. The van der Waals surface area contributed by atoms with Gasteiger partial charge in [0.15, 0.2) is 23.9 Å². The average molecular weight is 444 g/mol. The first-order chi connectivity index (χ1) is 16.0. The molecule has 0 spiro atoms. The summed E-state index contributed by atoms with van der Waals surface area (Å²) in [5.74, 6) is 0.238. The summed E-state index contributed by atoms with van der Waals surface area (Å²) in [4.78, 5) is 26.0. The van der Waals surface area contributed by atoms with E-state index in [1.165, 1.54) is 0 Å². The predicted molar refractivity (Wildman–Crippen MR) is 126 cm³/mol. The minimum Gasteiger partial charge on any atom is -0.490 e. The SMILES string of the molecule is CCOc1ccccc1OCC(=O)Oc1c(-c2ccccc2)oc2cc(C)c(C)cc2c1=O. The number of hydrogen-bond donors (Lipinski definition) is 0. The van der Waals surface area contributed by atoms with Gasteiger partial charge >= 0.3 is 5.97 Å². The van der Waals surface area contributed by atoms with Gasteiger partial charge in [0.1, 0.15) is 5.58 Å². The van der Waals surface area contributed by atoms with Gasteiger partial charge in [0.2, 0.25) is 11.2 Å². The quantitative estimate of drug-likeness (QED) is 0.352. The van der Waals surface area contributed by atoms with Crippen LogP contribution in [0.15, 0.2) is 75.9 Å². The Balaban J connectivity index is 1.69. The van der Waals surface area contributed by atoms with E-state index < -0.39 is 18.0 Å². The summed E-state index contributed by atoms with van der Waals surface area (Å²) in [6, 6.07) is 19.7. The molecule has 1 aromatic heterocycles. The first-order valence-corrected chi connectivity index (χ1v) is 10.7. The molecular formula is C27H24O6. The van der Waals surface area contributed by atoms with E-state index in [9.17, 15) is 9.59 Å². The number of ether oxygens (including phenoxy) is 3. The van der Waals surface area contributed by atoms with E-state index in [1.54, 1.807) is 36.4 Å². The fourth-order valence-electron chi connectivity index (χ4n) is 3.43. The molecule has 0 aliphatic carbocycles. The molecule has 0 amide bonds. The number of fused-ring (bicyclic) bond motifs is 1. The molecule has 3 aromatic carbocycles. The Morgan fingerprint density at radius 3 is 2.21 bits per heavy atom. The van der Waals surface area contributed by atoms with Crippen molar-refractivity contribution in [2.45, 2.75) is 20.8 Å². The molecular weight excluding hydrogens is 420 g/mol. The lowest BCUT2D eigenvalue weighted by molar-refractivity contribution is -0.136. The molecule has 0 radical (unpaired) electrons. The second kappa shape index (κ2) is 9.61. The third-order valence-electron chi connectivity index (χ3n) is 5.21. The predicted octanol–water partition coefficient (Wildman–Crippen LogP) is 5.46. The number of benzene rings is 3. The van der Waals surface area contributed by atoms with Gasteiger partial charge in [-0.3, -0.25) is 4.79 Å². The van der Waals surface area contributed by atoms with Gasteiger partial charge in [-0.1, -0.05) is 42.5 Å². The van der Waals surface area contributed by atoms with Crippen molar-refractivity contribution in [3.8, 4) is 28.6 Å². The van der Waals surface area contributed by atoms with Crippen LogP contribution in [-0.2, 0) is 4.79 Å². The fourth-order valence-corrected chi connectivity index (χ4v) is 3.43. The summed E-state index contributed by atoms with van der Waals surface area (Å²) in [5, 5.41) is 0.350. The number of para-hydroxylation sites is 2. The molecule has 0 unspecified atom stereocenters. The van der Waals surface area contributed by atoms with Crippen LogP contribution in [0, 0.1) is 13.8 Å². The lowest BCUT2D eigenvalue weighted by Gasteiger charge is -2.13. The number of aryl methyl sites for hydroxylation is 2. The molecule has 0 aliphatic rings. The molecule has 6 nitrogen and oxygen atoms in total. The van der Waals surface area contributed by atoms with Crippen molar-refractivity contribution in [2.24, 2.45) is 0 Å². The maximum absolute atomic E-state index is 13.3. The number of carbonyl (C=O) groups excluding carboxylic acids is 1. The fraction of sp³-hybridized carbons (Fsp3) is 0.185. The zero-order valence-corrected chi connectivity index (χ0v) is 18.7. The molecule has 0 N–H and O–H groups in total. The highest BCUT2D eigenvalue weighted by Gasteiger charge is 2.21. The van der Waals surface area contributed by atoms with E-state index in [2.05, 4.69) is 0 Å². The summed E-state index contributed by atoms with van der Waals surface area (Å²) in [6.45, 7) is 5.78. The molecule has 168 valence electrons. The van der Waals surface area contributed by atoms with E-state index in [-0.39, 0.29) is 11.5 Å². The molecule has 6 heteroatoms. The molecule has 4 rings (SSSR count). The molecule has 0 saturated carbocycles. The molecule has 0 saturated heterocycles. The lowest BCUT2D eigenvalue weighted by Crippen LogP contribution is -2.22. The first kappa shape index (κ1) is 22.1. The Labute approximate surface area is 191 Å². The van der Waals surface area contributed by atoms with Gasteiger partial charge in [0, 0.05) is 5.56 Å². The van der Waals surface area contributed by atoms with Crippen LogP contribution >= 0.6 is 0 Å². The van der Waals surface area contributed by atoms with Crippen LogP contribution in [0.25, 0.3) is 22.3 Å². The van der Waals surface area contributed by atoms with Crippen LogP contribution in [0.4, 0.5) is 0 Å². The Morgan fingerprint density at radius 1 is 0.879 bits per heavy atom. The average Bonchev–Trinajstić information content (AvgIpc) is 2.82. The first-order valence-electron chi connectivity index (χ1n) is 10.7. The van der Waals surface area contributed by atoms with Crippen molar-refractivity contribution in [3.63, 3.8) is 0 Å². The summed E-state index contributed by atoms with van der Waals surface area (Å²) >= 11 is 0. The molecule has 0 atom stereocenters. The largest absolute Gasteiger partial charge is 0.490 e. The van der Waals surface area contributed by atoms with E-state index in [0.29, 0.717) is 34.6 Å². The van der Waals surface area contributed by atoms with Gasteiger partial charge in [-0.15, -0.1) is 0 Å². The van der Waals surface area contributed by atoms with E-state index in [1.807, 2.05) is 51.1 Å². The monoisotopic (exact) mass is 444 g/mol. The van der Waals surface area contributed by atoms with Crippen LogP contribution in [0.3, 0.4) is 0 Å². The van der Waals surface area contributed by atoms with Gasteiger partial charge in [0.25, 0.3) is 0 Å². The highest BCUT2D eigenvalue weighted by molar-refractivity contribution is 5.85. The maximum Gasteiger partial charge on any atom is 0.349 e. The normalized spacial score (nSPS) is 10.8. The van der Waals surface area contributed by atoms with Crippen molar-refractivity contribution < 1.29 is 23.4 Å². The van der Waals surface area contributed by atoms with Crippen LogP contribution in [0.5, 0.6) is 17.2 Å². The van der Waals surface area contributed by atoms with Crippen molar-refractivity contribution in [1.29, 1.82) is 0 Å². The van der Waals surface area contributed by atoms with Crippen molar-refractivity contribution in [2.75, 3.05) is 13.2 Å². The number of rotatable bonds is 7. The highest BCUT2D eigenvalue weighted by atomic mass is 16.6. The minimum absolute atomic E-state index is 0.163. The summed E-state index contributed by atoms with van der Waals surface area (Å²) < 4.78 is 22.7. The Bertz CT molecular complexity index is 1350. The number of hydrogen-bond acceptors (Lipinski definition) is 6. The topological polar surface area (TPSA) is 75.0 Å². The molecule has 0 fully saturated rings. The van der Waals surface area contributed by atoms with Gasteiger partial charge in [0.05, 0.1) is 12.0 Å². The van der Waals surface area contributed by atoms with Crippen LogP contribution < -0.4 is 19.6 Å². The molecule has 1 heterocycles. The number of carbonyl (C=O) groups is 1. The van der Waals surface area contributed by atoms with E-state index in [0.717, 1.165) is 11.1 Å². The van der Waals surface area contributed by atoms with Crippen molar-refractivity contribution in [3.05, 3.63) is 88.1 Å². The molecule has 33 heavy (non-hydrogen) atoms. The second-order valence-electron chi connectivity index (χ2n) is 7.53. The lowest BCUT2D eigenvalue weighted by atomic mass is 10.0. The Kier molecular flexibility index (Phi) is 6.45.